The highest BCUT2D eigenvalue weighted by Crippen LogP contribution is 2.40. The predicted octanol–water partition coefficient (Wildman–Crippen LogP) is 2.57. The highest BCUT2D eigenvalue weighted by Gasteiger charge is 2.37. The molecule has 0 aromatic carbocycles. The summed E-state index contributed by atoms with van der Waals surface area (Å²) in [5.41, 5.74) is 1.24. The van der Waals surface area contributed by atoms with Crippen molar-refractivity contribution in [1.29, 1.82) is 0 Å². The Morgan fingerprint density at radius 3 is 2.36 bits per heavy atom. The molecule has 1 aliphatic rings. The van der Waals surface area contributed by atoms with Gasteiger partial charge in [-0.3, -0.25) is 4.79 Å². The third kappa shape index (κ3) is 1.70. The quantitative estimate of drug-likeness (QED) is 0.528. The molecular formula is C10H16O. The van der Waals surface area contributed by atoms with Crippen molar-refractivity contribution in [1.82, 2.24) is 0 Å². The summed E-state index contributed by atoms with van der Waals surface area (Å²) >= 11 is 0. The van der Waals surface area contributed by atoms with Gasteiger partial charge in [0.2, 0.25) is 0 Å². The van der Waals surface area contributed by atoms with Gasteiger partial charge in [-0.25, -0.2) is 0 Å². The van der Waals surface area contributed by atoms with Gasteiger partial charge >= 0.3 is 0 Å². The lowest BCUT2D eigenvalue weighted by atomic mass is 9.89. The van der Waals surface area contributed by atoms with E-state index in [0.29, 0.717) is 5.78 Å². The summed E-state index contributed by atoms with van der Waals surface area (Å²) in [5.74, 6) is 0.521. The third-order valence-electron chi connectivity index (χ3n) is 2.39. The normalized spacial score (nSPS) is 29.0. The lowest BCUT2D eigenvalue weighted by molar-refractivity contribution is -0.120. The number of allylic oxidation sites excluding steroid dienone is 1. The zero-order valence-electron chi connectivity index (χ0n) is 7.61. The van der Waals surface area contributed by atoms with E-state index in [9.17, 15) is 4.79 Å². The second-order valence-electron chi connectivity index (χ2n) is 4.41. The topological polar surface area (TPSA) is 17.1 Å². The van der Waals surface area contributed by atoms with Gasteiger partial charge in [0.1, 0.15) is 5.78 Å². The van der Waals surface area contributed by atoms with Crippen LogP contribution in [0, 0.1) is 11.3 Å². The van der Waals surface area contributed by atoms with E-state index < -0.39 is 0 Å². The van der Waals surface area contributed by atoms with E-state index in [1.807, 2.05) is 6.92 Å². The molecule has 0 N–H and O–H groups in total. The zero-order valence-corrected chi connectivity index (χ0v) is 7.61. The molecule has 1 nitrogen and oxygen atoms in total. The van der Waals surface area contributed by atoms with Crippen LogP contribution in [-0.2, 0) is 4.79 Å². The van der Waals surface area contributed by atoms with Crippen molar-refractivity contribution in [2.24, 2.45) is 11.3 Å². The van der Waals surface area contributed by atoms with Crippen LogP contribution in [0.4, 0.5) is 0 Å². The van der Waals surface area contributed by atoms with Gasteiger partial charge in [0, 0.05) is 12.3 Å². The van der Waals surface area contributed by atoms with Crippen molar-refractivity contribution >= 4 is 5.78 Å². The Hall–Kier alpha value is -0.590. The Kier molecular flexibility index (Phi) is 1.91. The second-order valence-corrected chi connectivity index (χ2v) is 4.41. The lowest BCUT2D eigenvalue weighted by Crippen LogP contribution is -2.06. The molecule has 0 aliphatic heterocycles. The molecule has 0 bridgehead atoms. The number of Topliss-reactive ketones (excluding diaryl/α,β-unsaturated/α-hetero) is 1. The summed E-state index contributed by atoms with van der Waals surface area (Å²) < 4.78 is 0. The molecule has 1 unspecified atom stereocenters. The van der Waals surface area contributed by atoms with Crippen LogP contribution in [0.25, 0.3) is 0 Å². The van der Waals surface area contributed by atoms with Gasteiger partial charge in [0.25, 0.3) is 0 Å². The molecule has 11 heavy (non-hydrogen) atoms. The van der Waals surface area contributed by atoms with Gasteiger partial charge in [-0.05, 0) is 18.8 Å². The average Bonchev–Trinajstić information content (AvgIpc) is 2.05. The van der Waals surface area contributed by atoms with Crippen LogP contribution >= 0.6 is 0 Å². The third-order valence-corrected chi connectivity index (χ3v) is 2.39. The predicted molar refractivity (Wildman–Crippen MR) is 46.3 cm³/mol. The molecule has 0 spiro atoms. The molecule has 0 saturated heterocycles. The molecule has 1 fully saturated rings. The van der Waals surface area contributed by atoms with E-state index in [4.69, 9.17) is 0 Å². The van der Waals surface area contributed by atoms with Gasteiger partial charge in [0.05, 0.1) is 0 Å². The summed E-state index contributed by atoms with van der Waals surface area (Å²) in [6, 6.07) is 0. The van der Waals surface area contributed by atoms with Crippen molar-refractivity contribution in [3.05, 3.63) is 12.2 Å². The average molecular weight is 152 g/mol. The molecule has 1 saturated carbocycles. The van der Waals surface area contributed by atoms with E-state index in [1.165, 1.54) is 0 Å². The molecule has 0 amide bonds. The van der Waals surface area contributed by atoms with Crippen LogP contribution in [0.5, 0.6) is 0 Å². The summed E-state index contributed by atoms with van der Waals surface area (Å²) in [5, 5.41) is 0. The van der Waals surface area contributed by atoms with Gasteiger partial charge in [-0.2, -0.15) is 0 Å². The van der Waals surface area contributed by atoms with Gasteiger partial charge < -0.3 is 0 Å². The van der Waals surface area contributed by atoms with E-state index in [-0.39, 0.29) is 11.3 Å². The highest BCUT2D eigenvalue weighted by molar-refractivity contribution is 5.86. The monoisotopic (exact) mass is 152 g/mol. The Morgan fingerprint density at radius 2 is 2.18 bits per heavy atom. The minimum atomic E-state index is 0.144. The van der Waals surface area contributed by atoms with E-state index in [2.05, 4.69) is 20.4 Å². The highest BCUT2D eigenvalue weighted by atomic mass is 16.1. The number of carbonyl (C=O) groups is 1. The van der Waals surface area contributed by atoms with Crippen LogP contribution in [0.3, 0.4) is 0 Å². The first kappa shape index (κ1) is 8.51. The second kappa shape index (κ2) is 2.47. The fourth-order valence-electron chi connectivity index (χ4n) is 1.78. The van der Waals surface area contributed by atoms with Crippen molar-refractivity contribution in [3.8, 4) is 0 Å². The summed E-state index contributed by atoms with van der Waals surface area (Å²) in [6.45, 7) is 10.1. The summed E-state index contributed by atoms with van der Waals surface area (Å²) in [7, 11) is 0. The Balaban J connectivity index is 2.74. The molecule has 0 aromatic rings. The van der Waals surface area contributed by atoms with Crippen molar-refractivity contribution < 1.29 is 4.79 Å². The smallest absolute Gasteiger partial charge is 0.140 e. The number of hydrogen-bond acceptors (Lipinski definition) is 1. The first-order chi connectivity index (χ1) is 4.92. The summed E-state index contributed by atoms with van der Waals surface area (Å²) in [6.07, 6.45) is 1.71. The van der Waals surface area contributed by atoms with Gasteiger partial charge in [0.15, 0.2) is 0 Å². The van der Waals surface area contributed by atoms with Crippen molar-refractivity contribution in [2.45, 2.75) is 33.6 Å². The van der Waals surface area contributed by atoms with Crippen LogP contribution < -0.4 is 0 Å². The zero-order chi connectivity index (χ0) is 8.65. The van der Waals surface area contributed by atoms with Crippen LogP contribution in [0.15, 0.2) is 12.2 Å². The molecule has 0 heterocycles. The van der Waals surface area contributed by atoms with Crippen LogP contribution in [0.2, 0.25) is 0 Å². The maximum absolute atomic E-state index is 11.4. The number of hydrogen-bond donors (Lipinski definition) is 0. The van der Waals surface area contributed by atoms with Crippen LogP contribution in [-0.4, -0.2) is 5.78 Å². The SMILES string of the molecule is C=C(C)C1CC(C)(C)CC1=O. The maximum Gasteiger partial charge on any atom is 0.140 e. The van der Waals surface area contributed by atoms with Crippen molar-refractivity contribution in [2.75, 3.05) is 0 Å². The fraction of sp³-hybridized carbons (Fsp3) is 0.700. The largest absolute Gasteiger partial charge is 0.299 e. The first-order valence-electron chi connectivity index (χ1n) is 4.10. The molecule has 0 aromatic heterocycles. The fourth-order valence-corrected chi connectivity index (χ4v) is 1.78. The van der Waals surface area contributed by atoms with Crippen LogP contribution in [0.1, 0.15) is 33.6 Å². The number of rotatable bonds is 1. The molecule has 0 radical (unpaired) electrons. The Morgan fingerprint density at radius 1 is 1.64 bits per heavy atom. The van der Waals surface area contributed by atoms with E-state index in [1.54, 1.807) is 0 Å². The molecule has 1 aliphatic carbocycles. The number of carbonyl (C=O) groups excluding carboxylic acids is 1. The standard InChI is InChI=1S/C10H16O/c1-7(2)8-5-10(3,4)6-9(8)11/h8H,1,5-6H2,2-4H3. The first-order valence-corrected chi connectivity index (χ1v) is 4.10. The molecular weight excluding hydrogens is 136 g/mol. The summed E-state index contributed by atoms with van der Waals surface area (Å²) in [4.78, 5) is 11.4. The molecule has 1 heteroatoms. The van der Waals surface area contributed by atoms with Gasteiger partial charge in [-0.1, -0.05) is 26.0 Å². The minimum Gasteiger partial charge on any atom is -0.299 e. The maximum atomic E-state index is 11.4. The van der Waals surface area contributed by atoms with Gasteiger partial charge in [-0.15, -0.1) is 0 Å². The Labute approximate surface area is 68.5 Å². The lowest BCUT2D eigenvalue weighted by Gasteiger charge is -2.15. The van der Waals surface area contributed by atoms with E-state index in [0.717, 1.165) is 18.4 Å². The van der Waals surface area contributed by atoms with Crippen molar-refractivity contribution in [3.63, 3.8) is 0 Å². The number of ketones is 1. The minimum absolute atomic E-state index is 0.144. The Bertz CT molecular complexity index is 201. The molecule has 1 atom stereocenters. The van der Waals surface area contributed by atoms with E-state index >= 15 is 0 Å². The molecule has 1 rings (SSSR count). The molecule has 62 valence electrons.